The van der Waals surface area contributed by atoms with Gasteiger partial charge in [0.1, 0.15) is 5.78 Å². The third-order valence-electron chi connectivity index (χ3n) is 2.11. The summed E-state index contributed by atoms with van der Waals surface area (Å²) in [4.78, 5) is 23.0. The average Bonchev–Trinajstić information content (AvgIpc) is 2.00. The van der Waals surface area contributed by atoms with Crippen LogP contribution in [0.25, 0.3) is 0 Å². The average molecular weight is 200 g/mol. The predicted molar refractivity (Wildman–Crippen MR) is 54.9 cm³/mol. The summed E-state index contributed by atoms with van der Waals surface area (Å²) in [5, 5.41) is 0. The molecule has 0 fully saturated rings. The van der Waals surface area contributed by atoms with E-state index in [1.54, 1.807) is 13.8 Å². The van der Waals surface area contributed by atoms with Gasteiger partial charge in [0.2, 0.25) is 0 Å². The van der Waals surface area contributed by atoms with Gasteiger partial charge in [0.15, 0.2) is 0 Å². The number of ketones is 1. The Labute approximate surface area is 85.8 Å². The molecule has 0 bridgehead atoms. The Morgan fingerprint density at radius 2 is 1.50 bits per heavy atom. The van der Waals surface area contributed by atoms with Crippen LogP contribution in [-0.2, 0) is 14.3 Å². The van der Waals surface area contributed by atoms with E-state index >= 15 is 0 Å². The minimum absolute atomic E-state index is 0.0791. The molecule has 0 unspecified atom stereocenters. The van der Waals surface area contributed by atoms with Gasteiger partial charge in [0.05, 0.1) is 13.5 Å². The van der Waals surface area contributed by atoms with Crippen molar-refractivity contribution in [3.8, 4) is 0 Å². The molecule has 0 aromatic rings. The molecule has 0 rings (SSSR count). The third kappa shape index (κ3) is 3.48. The molecule has 0 atom stereocenters. The van der Waals surface area contributed by atoms with Crippen LogP contribution in [0.1, 0.15) is 41.0 Å². The van der Waals surface area contributed by atoms with Gasteiger partial charge < -0.3 is 4.74 Å². The maximum Gasteiger partial charge on any atom is 0.306 e. The van der Waals surface area contributed by atoms with Crippen molar-refractivity contribution in [2.24, 2.45) is 10.8 Å². The van der Waals surface area contributed by atoms with Crippen molar-refractivity contribution in [2.75, 3.05) is 7.11 Å². The maximum atomic E-state index is 11.9. The van der Waals surface area contributed by atoms with Gasteiger partial charge in [-0.05, 0) is 0 Å². The van der Waals surface area contributed by atoms with Gasteiger partial charge in [-0.1, -0.05) is 34.6 Å². The number of esters is 1. The second kappa shape index (κ2) is 4.11. The van der Waals surface area contributed by atoms with Crippen molar-refractivity contribution in [2.45, 2.75) is 41.0 Å². The van der Waals surface area contributed by atoms with Crippen molar-refractivity contribution < 1.29 is 14.3 Å². The van der Waals surface area contributed by atoms with Gasteiger partial charge in [0.25, 0.3) is 0 Å². The summed E-state index contributed by atoms with van der Waals surface area (Å²) in [5.74, 6) is -0.261. The van der Waals surface area contributed by atoms with Crippen molar-refractivity contribution in [1.82, 2.24) is 0 Å². The van der Waals surface area contributed by atoms with Crippen molar-refractivity contribution in [1.29, 1.82) is 0 Å². The summed E-state index contributed by atoms with van der Waals surface area (Å²) in [7, 11) is 1.33. The number of ether oxygens (including phenoxy) is 1. The molecule has 0 amide bonds. The first-order chi connectivity index (χ1) is 6.11. The van der Waals surface area contributed by atoms with E-state index in [-0.39, 0.29) is 18.2 Å². The van der Waals surface area contributed by atoms with Crippen LogP contribution in [0.3, 0.4) is 0 Å². The molecule has 0 saturated heterocycles. The third-order valence-corrected chi connectivity index (χ3v) is 2.11. The summed E-state index contributed by atoms with van der Waals surface area (Å²) in [6.45, 7) is 9.12. The molecule has 0 aliphatic rings. The standard InChI is InChI=1S/C11H20O3/c1-10(2,3)9(13)11(4,5)7-8(12)14-6/h7H2,1-6H3. The predicted octanol–water partition coefficient (Wildman–Crippen LogP) is 2.19. The van der Waals surface area contributed by atoms with Gasteiger partial charge in [-0.25, -0.2) is 0 Å². The van der Waals surface area contributed by atoms with Crippen LogP contribution in [0.4, 0.5) is 0 Å². The van der Waals surface area contributed by atoms with Crippen LogP contribution in [-0.4, -0.2) is 18.9 Å². The topological polar surface area (TPSA) is 43.4 Å². The lowest BCUT2D eigenvalue weighted by Crippen LogP contribution is -2.36. The fraction of sp³-hybridized carbons (Fsp3) is 0.818. The number of hydrogen-bond donors (Lipinski definition) is 0. The number of carbonyl (C=O) groups is 2. The first kappa shape index (κ1) is 13.1. The lowest BCUT2D eigenvalue weighted by molar-refractivity contribution is -0.148. The van der Waals surface area contributed by atoms with E-state index in [1.165, 1.54) is 7.11 Å². The van der Waals surface area contributed by atoms with E-state index < -0.39 is 10.8 Å². The Kier molecular flexibility index (Phi) is 3.86. The Morgan fingerprint density at radius 1 is 1.07 bits per heavy atom. The fourth-order valence-electron chi connectivity index (χ4n) is 1.53. The minimum atomic E-state index is -0.647. The molecule has 82 valence electrons. The highest BCUT2D eigenvalue weighted by atomic mass is 16.5. The van der Waals surface area contributed by atoms with E-state index in [0.29, 0.717) is 0 Å². The van der Waals surface area contributed by atoms with Crippen LogP contribution in [0.15, 0.2) is 0 Å². The summed E-state index contributed by atoms with van der Waals surface area (Å²) < 4.78 is 4.56. The number of rotatable bonds is 3. The lowest BCUT2D eigenvalue weighted by Gasteiger charge is -2.29. The van der Waals surface area contributed by atoms with Crippen molar-refractivity contribution >= 4 is 11.8 Å². The van der Waals surface area contributed by atoms with Gasteiger partial charge in [-0.15, -0.1) is 0 Å². The molecule has 0 aromatic heterocycles. The zero-order valence-electron chi connectivity index (χ0n) is 9.93. The highest BCUT2D eigenvalue weighted by Crippen LogP contribution is 2.31. The van der Waals surface area contributed by atoms with E-state index in [9.17, 15) is 9.59 Å². The molecule has 3 nitrogen and oxygen atoms in total. The Morgan fingerprint density at radius 3 is 1.79 bits per heavy atom. The molecule has 0 heterocycles. The Balaban J connectivity index is 4.63. The van der Waals surface area contributed by atoms with Crippen LogP contribution < -0.4 is 0 Å². The monoisotopic (exact) mass is 200 g/mol. The quantitative estimate of drug-likeness (QED) is 0.656. The van der Waals surface area contributed by atoms with E-state index in [4.69, 9.17) is 0 Å². The Hall–Kier alpha value is -0.860. The smallest absolute Gasteiger partial charge is 0.306 e. The van der Waals surface area contributed by atoms with Crippen LogP contribution in [0, 0.1) is 10.8 Å². The fourth-order valence-corrected chi connectivity index (χ4v) is 1.53. The highest BCUT2D eigenvalue weighted by Gasteiger charge is 2.37. The van der Waals surface area contributed by atoms with E-state index in [1.807, 2.05) is 20.8 Å². The second-order valence-electron chi connectivity index (χ2n) is 5.22. The molecule has 0 aromatic carbocycles. The summed E-state index contributed by atoms with van der Waals surface area (Å²) >= 11 is 0. The van der Waals surface area contributed by atoms with E-state index in [0.717, 1.165) is 0 Å². The summed E-state index contributed by atoms with van der Waals surface area (Å²) in [5.41, 5.74) is -1.07. The first-order valence-corrected chi connectivity index (χ1v) is 4.73. The molecule has 0 aliphatic heterocycles. The first-order valence-electron chi connectivity index (χ1n) is 4.73. The zero-order valence-corrected chi connectivity index (χ0v) is 9.93. The molecule has 3 heteroatoms. The maximum absolute atomic E-state index is 11.9. The van der Waals surface area contributed by atoms with Crippen molar-refractivity contribution in [3.63, 3.8) is 0 Å². The van der Waals surface area contributed by atoms with Gasteiger partial charge in [-0.3, -0.25) is 9.59 Å². The normalized spacial score (nSPS) is 12.4. The molecule has 0 radical (unpaired) electrons. The van der Waals surface area contributed by atoms with Crippen LogP contribution >= 0.6 is 0 Å². The SMILES string of the molecule is COC(=O)CC(C)(C)C(=O)C(C)(C)C. The second-order valence-corrected chi connectivity index (χ2v) is 5.22. The molecule has 14 heavy (non-hydrogen) atoms. The largest absolute Gasteiger partial charge is 0.469 e. The van der Waals surface area contributed by atoms with Gasteiger partial charge in [-0.2, -0.15) is 0 Å². The summed E-state index contributed by atoms with van der Waals surface area (Å²) in [6, 6.07) is 0. The molecular weight excluding hydrogens is 180 g/mol. The van der Waals surface area contributed by atoms with Crippen LogP contribution in [0.2, 0.25) is 0 Å². The van der Waals surface area contributed by atoms with E-state index in [2.05, 4.69) is 4.74 Å². The lowest BCUT2D eigenvalue weighted by atomic mass is 9.73. The summed E-state index contributed by atoms with van der Waals surface area (Å²) in [6.07, 6.45) is 0.138. The Bertz CT molecular complexity index is 233. The molecule has 0 saturated carbocycles. The number of methoxy groups -OCH3 is 1. The van der Waals surface area contributed by atoms with Gasteiger partial charge in [0, 0.05) is 10.8 Å². The van der Waals surface area contributed by atoms with Crippen LogP contribution in [0.5, 0.6) is 0 Å². The van der Waals surface area contributed by atoms with Gasteiger partial charge >= 0.3 is 5.97 Å². The molecule has 0 N–H and O–H groups in total. The number of hydrogen-bond acceptors (Lipinski definition) is 3. The minimum Gasteiger partial charge on any atom is -0.469 e. The molecular formula is C11H20O3. The highest BCUT2D eigenvalue weighted by molar-refractivity contribution is 5.91. The molecule has 0 aliphatic carbocycles. The zero-order chi connectivity index (χ0) is 11.6. The number of carbonyl (C=O) groups excluding carboxylic acids is 2. The number of Topliss-reactive ketones (excluding diaryl/α,β-unsaturated/α-hetero) is 1. The molecule has 0 spiro atoms. The van der Waals surface area contributed by atoms with Crippen molar-refractivity contribution in [3.05, 3.63) is 0 Å².